The maximum Gasteiger partial charge on any atom is 0.315 e. The van der Waals surface area contributed by atoms with Crippen molar-refractivity contribution in [2.45, 2.75) is 6.42 Å². The molecule has 2 aromatic rings. The minimum absolute atomic E-state index is 0.0769. The molecule has 0 saturated heterocycles. The summed E-state index contributed by atoms with van der Waals surface area (Å²) in [6.45, 7) is 0. The van der Waals surface area contributed by atoms with Crippen LogP contribution in [0.25, 0.3) is 11.4 Å². The lowest BCUT2D eigenvalue weighted by Gasteiger charge is -1.98. The lowest BCUT2D eigenvalue weighted by Crippen LogP contribution is -2.04. The second-order valence-electron chi connectivity index (χ2n) is 3.52. The molecule has 1 aromatic carbocycles. The zero-order valence-electron chi connectivity index (χ0n) is 9.61. The summed E-state index contributed by atoms with van der Waals surface area (Å²) in [6.07, 6.45) is -0.268. The van der Waals surface area contributed by atoms with E-state index in [1.807, 2.05) is 0 Å². The minimum atomic E-state index is -1.58. The summed E-state index contributed by atoms with van der Waals surface area (Å²) in [5.74, 6) is -5.15. The maximum absolute atomic E-state index is 13.0. The monoisotopic (exact) mass is 272 g/mol. The fraction of sp³-hybridized carbons (Fsp3) is 0.182. The van der Waals surface area contributed by atoms with Crippen LogP contribution in [0.3, 0.4) is 0 Å². The van der Waals surface area contributed by atoms with Gasteiger partial charge in [0.1, 0.15) is 6.42 Å². The Morgan fingerprint density at radius 2 is 1.95 bits per heavy atom. The molecule has 0 bridgehead atoms. The Labute approximate surface area is 105 Å². The van der Waals surface area contributed by atoms with E-state index >= 15 is 0 Å². The second-order valence-corrected chi connectivity index (χ2v) is 3.52. The van der Waals surface area contributed by atoms with Gasteiger partial charge in [-0.25, -0.2) is 13.2 Å². The van der Waals surface area contributed by atoms with Gasteiger partial charge in [-0.3, -0.25) is 4.79 Å². The first-order valence-electron chi connectivity index (χ1n) is 5.05. The van der Waals surface area contributed by atoms with E-state index in [0.29, 0.717) is 0 Å². The summed E-state index contributed by atoms with van der Waals surface area (Å²) in [5, 5.41) is 3.44. The van der Waals surface area contributed by atoms with Crippen molar-refractivity contribution in [3.8, 4) is 11.4 Å². The molecule has 5 nitrogen and oxygen atoms in total. The predicted molar refractivity (Wildman–Crippen MR) is 55.3 cm³/mol. The van der Waals surface area contributed by atoms with E-state index < -0.39 is 23.4 Å². The Bertz CT molecular complexity index is 604. The van der Waals surface area contributed by atoms with Crippen LogP contribution in [0.4, 0.5) is 13.2 Å². The number of esters is 1. The van der Waals surface area contributed by atoms with Gasteiger partial charge in [-0.2, -0.15) is 4.98 Å². The number of nitrogens with zero attached hydrogens (tertiary/aromatic N) is 2. The lowest BCUT2D eigenvalue weighted by molar-refractivity contribution is -0.140. The smallest absolute Gasteiger partial charge is 0.315 e. The van der Waals surface area contributed by atoms with Gasteiger partial charge in [0.15, 0.2) is 17.5 Å². The van der Waals surface area contributed by atoms with Crippen LogP contribution in [0.15, 0.2) is 16.7 Å². The molecule has 0 aliphatic carbocycles. The van der Waals surface area contributed by atoms with Crippen LogP contribution < -0.4 is 0 Å². The third-order valence-corrected chi connectivity index (χ3v) is 2.23. The number of aromatic nitrogens is 2. The summed E-state index contributed by atoms with van der Waals surface area (Å²) in [6, 6.07) is 1.45. The van der Waals surface area contributed by atoms with Crippen molar-refractivity contribution in [3.63, 3.8) is 0 Å². The van der Waals surface area contributed by atoms with E-state index in [0.717, 1.165) is 12.1 Å². The van der Waals surface area contributed by atoms with Gasteiger partial charge in [0, 0.05) is 5.56 Å². The van der Waals surface area contributed by atoms with E-state index in [2.05, 4.69) is 14.9 Å². The van der Waals surface area contributed by atoms with Gasteiger partial charge in [0.05, 0.1) is 7.11 Å². The first-order valence-corrected chi connectivity index (χ1v) is 5.05. The molecule has 0 saturated carbocycles. The van der Waals surface area contributed by atoms with Crippen LogP contribution in [-0.4, -0.2) is 23.2 Å². The van der Waals surface area contributed by atoms with Crippen LogP contribution in [0.1, 0.15) is 5.89 Å². The normalized spacial score (nSPS) is 10.5. The highest BCUT2D eigenvalue weighted by molar-refractivity contribution is 5.71. The molecular formula is C11H7F3N2O3. The van der Waals surface area contributed by atoms with E-state index in [1.165, 1.54) is 7.11 Å². The van der Waals surface area contributed by atoms with Gasteiger partial charge < -0.3 is 9.26 Å². The predicted octanol–water partition coefficient (Wildman–Crippen LogP) is 1.87. The third kappa shape index (κ3) is 2.72. The summed E-state index contributed by atoms with van der Waals surface area (Å²) in [4.78, 5) is 14.7. The van der Waals surface area contributed by atoms with Gasteiger partial charge in [-0.05, 0) is 12.1 Å². The standard InChI is InChI=1S/C11H7F3N2O3/c1-18-9(17)4-8-15-11(16-19-8)5-2-6(12)10(14)7(13)3-5/h2-3H,4H2,1H3. The average Bonchev–Trinajstić information content (AvgIpc) is 2.83. The number of carbonyl (C=O) groups excluding carboxylic acids is 1. The first kappa shape index (κ1) is 13.1. The molecule has 0 spiro atoms. The SMILES string of the molecule is COC(=O)Cc1nc(-c2cc(F)c(F)c(F)c2)no1. The minimum Gasteiger partial charge on any atom is -0.469 e. The molecule has 19 heavy (non-hydrogen) atoms. The number of benzene rings is 1. The average molecular weight is 272 g/mol. The molecule has 0 unspecified atom stereocenters. The summed E-state index contributed by atoms with van der Waals surface area (Å²) < 4.78 is 47.9. The molecule has 1 heterocycles. The molecule has 0 fully saturated rings. The molecule has 0 aliphatic rings. The Kier molecular flexibility index (Phi) is 3.50. The summed E-state index contributed by atoms with van der Waals surface area (Å²) in [7, 11) is 1.18. The Hall–Kier alpha value is -2.38. The zero-order valence-corrected chi connectivity index (χ0v) is 9.61. The molecular weight excluding hydrogens is 265 g/mol. The van der Waals surface area contributed by atoms with Gasteiger partial charge in [-0.1, -0.05) is 5.16 Å². The zero-order chi connectivity index (χ0) is 14.0. The Balaban J connectivity index is 2.30. The third-order valence-electron chi connectivity index (χ3n) is 2.23. The lowest BCUT2D eigenvalue weighted by atomic mass is 10.2. The van der Waals surface area contributed by atoms with E-state index in [-0.39, 0.29) is 23.7 Å². The molecule has 0 amide bonds. The molecule has 1 aromatic heterocycles. The largest absolute Gasteiger partial charge is 0.469 e. The van der Waals surface area contributed by atoms with Crippen LogP contribution in [0.5, 0.6) is 0 Å². The van der Waals surface area contributed by atoms with Crippen LogP contribution in [-0.2, 0) is 16.0 Å². The summed E-state index contributed by atoms with van der Waals surface area (Å²) >= 11 is 0. The van der Waals surface area contributed by atoms with Crippen LogP contribution in [0, 0.1) is 17.5 Å². The highest BCUT2D eigenvalue weighted by Crippen LogP contribution is 2.21. The number of ether oxygens (including phenoxy) is 1. The molecule has 8 heteroatoms. The fourth-order valence-electron chi connectivity index (χ4n) is 1.32. The van der Waals surface area contributed by atoms with E-state index in [1.54, 1.807) is 0 Å². The van der Waals surface area contributed by atoms with Crippen LogP contribution >= 0.6 is 0 Å². The van der Waals surface area contributed by atoms with Crippen molar-refractivity contribution in [2.75, 3.05) is 7.11 Å². The molecule has 0 atom stereocenters. The topological polar surface area (TPSA) is 65.2 Å². The highest BCUT2D eigenvalue weighted by Gasteiger charge is 2.16. The van der Waals surface area contributed by atoms with Crippen molar-refractivity contribution < 1.29 is 27.2 Å². The van der Waals surface area contributed by atoms with Gasteiger partial charge in [0.2, 0.25) is 11.7 Å². The van der Waals surface area contributed by atoms with Crippen molar-refractivity contribution >= 4 is 5.97 Å². The van der Waals surface area contributed by atoms with Gasteiger partial charge in [-0.15, -0.1) is 0 Å². The first-order chi connectivity index (χ1) is 9.01. The Morgan fingerprint density at radius 1 is 1.32 bits per heavy atom. The maximum atomic E-state index is 13.0. The molecule has 0 radical (unpaired) electrons. The Morgan fingerprint density at radius 3 is 2.53 bits per heavy atom. The van der Waals surface area contributed by atoms with E-state index in [4.69, 9.17) is 4.52 Å². The number of hydrogen-bond acceptors (Lipinski definition) is 5. The summed E-state index contributed by atoms with van der Waals surface area (Å²) in [5.41, 5.74) is -0.101. The van der Waals surface area contributed by atoms with Gasteiger partial charge in [0.25, 0.3) is 0 Å². The number of halogens is 3. The second kappa shape index (κ2) is 5.09. The van der Waals surface area contributed by atoms with Crippen molar-refractivity contribution in [3.05, 3.63) is 35.5 Å². The number of methoxy groups -OCH3 is 1. The van der Waals surface area contributed by atoms with Gasteiger partial charge >= 0.3 is 5.97 Å². The molecule has 0 aliphatic heterocycles. The van der Waals surface area contributed by atoms with E-state index in [9.17, 15) is 18.0 Å². The number of carbonyl (C=O) groups is 1. The molecule has 100 valence electrons. The van der Waals surface area contributed by atoms with Crippen molar-refractivity contribution in [2.24, 2.45) is 0 Å². The fourth-order valence-corrected chi connectivity index (χ4v) is 1.32. The number of hydrogen-bond donors (Lipinski definition) is 0. The molecule has 0 N–H and O–H groups in total. The van der Waals surface area contributed by atoms with Crippen LogP contribution in [0.2, 0.25) is 0 Å². The molecule has 2 rings (SSSR count). The quantitative estimate of drug-likeness (QED) is 0.630. The van der Waals surface area contributed by atoms with Crippen molar-refractivity contribution in [1.82, 2.24) is 10.1 Å². The highest BCUT2D eigenvalue weighted by atomic mass is 19.2. The van der Waals surface area contributed by atoms with Crippen molar-refractivity contribution in [1.29, 1.82) is 0 Å². The number of rotatable bonds is 3.